The molecule has 2 N–H and O–H groups in total. The van der Waals surface area contributed by atoms with Crippen molar-refractivity contribution < 1.29 is 5.11 Å². The summed E-state index contributed by atoms with van der Waals surface area (Å²) in [5, 5.41) is 10.9. The Hall–Kier alpha value is -1.92. The van der Waals surface area contributed by atoms with Crippen LogP contribution in [0.25, 0.3) is 16.6 Å². The number of H-pyrrole nitrogens is 1. The number of β-amino-alcohol motifs (C(OH)–C–C–N with tert-alkyl or cyclic N) is 1. The molecule has 6 nitrogen and oxygen atoms in total. The van der Waals surface area contributed by atoms with E-state index < -0.39 is 0 Å². The third-order valence-electron chi connectivity index (χ3n) is 6.11. The van der Waals surface area contributed by atoms with E-state index in [9.17, 15) is 5.11 Å². The van der Waals surface area contributed by atoms with Gasteiger partial charge in [-0.25, -0.2) is 9.97 Å². The summed E-state index contributed by atoms with van der Waals surface area (Å²) in [6, 6.07) is 2.10. The number of imidazole rings is 1. The molecule has 4 heterocycles. The monoisotopic (exact) mass is 339 g/mol. The molecular formula is C19H25N5O. The van der Waals surface area contributed by atoms with Gasteiger partial charge in [-0.3, -0.25) is 4.40 Å². The van der Waals surface area contributed by atoms with Crippen molar-refractivity contribution in [3.8, 4) is 0 Å². The van der Waals surface area contributed by atoms with Crippen LogP contribution in [0.4, 0.5) is 0 Å². The van der Waals surface area contributed by atoms with Gasteiger partial charge in [0.05, 0.1) is 17.3 Å². The van der Waals surface area contributed by atoms with Crippen LogP contribution >= 0.6 is 0 Å². The van der Waals surface area contributed by atoms with Crippen LogP contribution in [-0.4, -0.2) is 55.1 Å². The number of nitrogens with zero attached hydrogens (tertiary/aromatic N) is 4. The molecule has 3 aromatic rings. The minimum atomic E-state index is -0.106. The average molecular weight is 339 g/mol. The summed E-state index contributed by atoms with van der Waals surface area (Å²) in [4.78, 5) is 14.8. The van der Waals surface area contributed by atoms with Crippen molar-refractivity contribution in [3.05, 3.63) is 30.6 Å². The van der Waals surface area contributed by atoms with Crippen LogP contribution < -0.4 is 0 Å². The molecule has 0 radical (unpaired) electrons. The van der Waals surface area contributed by atoms with Crippen molar-refractivity contribution in [1.82, 2.24) is 24.3 Å². The fourth-order valence-electron chi connectivity index (χ4n) is 4.78. The normalized spacial score (nSPS) is 28.3. The molecule has 2 aliphatic rings. The standard InChI is InChI=1S/C19H25N5O/c25-15-6-8-23(10-15)9-13-1-3-14(4-2-13)17-18-16-5-7-20-19(16)22-12-24(18)11-21-17/h5,7,11-15,20,25H,1-4,6,8-10H2/t13-,14-,15-/m0/s1. The zero-order valence-corrected chi connectivity index (χ0v) is 14.4. The minimum absolute atomic E-state index is 0.106. The maximum atomic E-state index is 9.71. The number of fused-ring (bicyclic) bond motifs is 3. The topological polar surface area (TPSA) is 69.4 Å². The van der Waals surface area contributed by atoms with E-state index in [-0.39, 0.29) is 6.10 Å². The molecule has 0 aromatic carbocycles. The highest BCUT2D eigenvalue weighted by molar-refractivity contribution is 5.93. The molecule has 0 bridgehead atoms. The molecule has 1 aliphatic carbocycles. The Balaban J connectivity index is 1.32. The highest BCUT2D eigenvalue weighted by Gasteiger charge is 2.29. The highest BCUT2D eigenvalue weighted by Crippen LogP contribution is 2.38. The molecule has 5 rings (SSSR count). The van der Waals surface area contributed by atoms with Crippen LogP contribution in [0.1, 0.15) is 43.7 Å². The van der Waals surface area contributed by atoms with Gasteiger partial charge in [0.1, 0.15) is 18.3 Å². The van der Waals surface area contributed by atoms with Crippen molar-refractivity contribution in [1.29, 1.82) is 0 Å². The molecule has 0 spiro atoms. The van der Waals surface area contributed by atoms with Crippen molar-refractivity contribution in [3.63, 3.8) is 0 Å². The first-order valence-corrected chi connectivity index (χ1v) is 9.47. The lowest BCUT2D eigenvalue weighted by Gasteiger charge is -2.30. The summed E-state index contributed by atoms with van der Waals surface area (Å²) in [5.41, 5.74) is 3.40. The number of nitrogens with one attached hydrogen (secondary N) is 1. The molecule has 0 amide bonds. The Morgan fingerprint density at radius 3 is 2.76 bits per heavy atom. The molecule has 1 saturated heterocycles. The summed E-state index contributed by atoms with van der Waals surface area (Å²) < 4.78 is 2.06. The van der Waals surface area contributed by atoms with Crippen LogP contribution in [0.15, 0.2) is 24.9 Å². The van der Waals surface area contributed by atoms with Gasteiger partial charge in [-0.05, 0) is 44.1 Å². The van der Waals surface area contributed by atoms with E-state index >= 15 is 0 Å². The number of aromatic amines is 1. The molecule has 1 saturated carbocycles. The molecular weight excluding hydrogens is 314 g/mol. The first-order valence-electron chi connectivity index (χ1n) is 9.47. The van der Waals surface area contributed by atoms with E-state index in [0.29, 0.717) is 5.92 Å². The minimum Gasteiger partial charge on any atom is -0.392 e. The second kappa shape index (κ2) is 6.11. The SMILES string of the molecule is O[C@H]1CCN(C[C@H]2CC[C@H](c3ncn4cnc5[nH]ccc5c34)CC2)C1. The van der Waals surface area contributed by atoms with Gasteiger partial charge >= 0.3 is 0 Å². The Bertz CT molecular complexity index is 876. The lowest BCUT2D eigenvalue weighted by atomic mass is 9.80. The number of hydrogen-bond donors (Lipinski definition) is 2. The first kappa shape index (κ1) is 15.3. The number of hydrogen-bond acceptors (Lipinski definition) is 4. The second-order valence-corrected chi connectivity index (χ2v) is 7.79. The number of aliphatic hydroxyl groups is 1. The van der Waals surface area contributed by atoms with Gasteiger partial charge in [0.25, 0.3) is 0 Å². The molecule has 2 fully saturated rings. The third-order valence-corrected chi connectivity index (χ3v) is 6.11. The maximum Gasteiger partial charge on any atom is 0.141 e. The molecule has 132 valence electrons. The Kier molecular flexibility index (Phi) is 3.75. The summed E-state index contributed by atoms with van der Waals surface area (Å²) in [7, 11) is 0. The summed E-state index contributed by atoms with van der Waals surface area (Å²) in [6.45, 7) is 3.08. The van der Waals surface area contributed by atoms with Crippen molar-refractivity contribution in [2.45, 2.75) is 44.1 Å². The van der Waals surface area contributed by atoms with E-state index in [1.807, 2.05) is 18.9 Å². The van der Waals surface area contributed by atoms with Crippen LogP contribution in [0, 0.1) is 5.92 Å². The van der Waals surface area contributed by atoms with Gasteiger partial charge in [0.15, 0.2) is 0 Å². The van der Waals surface area contributed by atoms with Crippen LogP contribution in [0.5, 0.6) is 0 Å². The predicted molar refractivity (Wildman–Crippen MR) is 96.6 cm³/mol. The van der Waals surface area contributed by atoms with Crippen LogP contribution in [-0.2, 0) is 0 Å². The molecule has 0 unspecified atom stereocenters. The van der Waals surface area contributed by atoms with Gasteiger partial charge in [-0.15, -0.1) is 0 Å². The highest BCUT2D eigenvalue weighted by atomic mass is 16.3. The predicted octanol–water partition coefficient (Wildman–Crippen LogP) is 2.55. The molecule has 1 aliphatic heterocycles. The van der Waals surface area contributed by atoms with E-state index in [2.05, 4.69) is 25.3 Å². The number of likely N-dealkylation sites (tertiary alicyclic amines) is 1. The Morgan fingerprint density at radius 2 is 1.96 bits per heavy atom. The van der Waals surface area contributed by atoms with E-state index in [0.717, 1.165) is 37.6 Å². The van der Waals surface area contributed by atoms with E-state index in [4.69, 9.17) is 4.98 Å². The molecule has 3 aromatic heterocycles. The zero-order valence-electron chi connectivity index (χ0n) is 14.4. The lowest BCUT2D eigenvalue weighted by molar-refractivity contribution is 0.162. The third kappa shape index (κ3) is 2.73. The van der Waals surface area contributed by atoms with Crippen molar-refractivity contribution >= 4 is 16.6 Å². The number of aliphatic hydroxyl groups excluding tert-OH is 1. The van der Waals surface area contributed by atoms with Gasteiger partial charge in [0.2, 0.25) is 0 Å². The lowest BCUT2D eigenvalue weighted by Crippen LogP contribution is -2.30. The molecule has 1 atom stereocenters. The summed E-state index contributed by atoms with van der Waals surface area (Å²) >= 11 is 0. The fraction of sp³-hybridized carbons (Fsp3) is 0.579. The number of rotatable bonds is 3. The Morgan fingerprint density at radius 1 is 1.12 bits per heavy atom. The van der Waals surface area contributed by atoms with Crippen LogP contribution in [0.2, 0.25) is 0 Å². The Labute approximate surface area is 146 Å². The van der Waals surface area contributed by atoms with Crippen molar-refractivity contribution in [2.75, 3.05) is 19.6 Å². The average Bonchev–Trinajstić information content (AvgIpc) is 3.34. The second-order valence-electron chi connectivity index (χ2n) is 7.79. The van der Waals surface area contributed by atoms with Gasteiger partial charge in [-0.2, -0.15) is 0 Å². The first-order chi connectivity index (χ1) is 12.3. The summed E-state index contributed by atoms with van der Waals surface area (Å²) in [6.07, 6.45) is 11.5. The molecule has 25 heavy (non-hydrogen) atoms. The van der Waals surface area contributed by atoms with Gasteiger partial charge in [-0.1, -0.05) is 0 Å². The fourth-order valence-corrected chi connectivity index (χ4v) is 4.78. The van der Waals surface area contributed by atoms with Gasteiger partial charge < -0.3 is 15.0 Å². The smallest absolute Gasteiger partial charge is 0.141 e. The quantitative estimate of drug-likeness (QED) is 0.769. The zero-order chi connectivity index (χ0) is 16.8. The summed E-state index contributed by atoms with van der Waals surface area (Å²) in [5.74, 6) is 1.32. The van der Waals surface area contributed by atoms with E-state index in [1.54, 1.807) is 0 Å². The van der Waals surface area contributed by atoms with Gasteiger partial charge in [0, 0.05) is 37.1 Å². The molecule has 6 heteroatoms. The van der Waals surface area contributed by atoms with Crippen molar-refractivity contribution in [2.24, 2.45) is 5.92 Å². The van der Waals surface area contributed by atoms with E-state index in [1.165, 1.54) is 42.3 Å². The maximum absolute atomic E-state index is 9.71. The largest absolute Gasteiger partial charge is 0.392 e. The number of aromatic nitrogens is 4. The van der Waals surface area contributed by atoms with Crippen LogP contribution in [0.3, 0.4) is 0 Å².